The van der Waals surface area contributed by atoms with E-state index >= 15 is 0 Å². The quantitative estimate of drug-likeness (QED) is 0.766. The zero-order valence-electron chi connectivity index (χ0n) is 10.5. The van der Waals surface area contributed by atoms with Crippen LogP contribution in [0.25, 0.3) is 0 Å². The van der Waals surface area contributed by atoms with E-state index in [0.29, 0.717) is 18.2 Å². The van der Waals surface area contributed by atoms with Gasteiger partial charge in [0.25, 0.3) is 0 Å². The monoisotopic (exact) mass is 226 g/mol. The van der Waals surface area contributed by atoms with E-state index in [1.807, 2.05) is 0 Å². The maximum atomic E-state index is 5.91. The summed E-state index contributed by atoms with van der Waals surface area (Å²) in [6, 6.07) is 1.16. The topological polar surface area (TPSA) is 47.3 Å². The van der Waals surface area contributed by atoms with Crippen molar-refractivity contribution in [2.75, 3.05) is 13.2 Å². The fraction of sp³-hybridized carbons (Fsp3) is 1.00. The second-order valence-corrected chi connectivity index (χ2v) is 5.39. The molecule has 1 aliphatic heterocycles. The van der Waals surface area contributed by atoms with Crippen molar-refractivity contribution >= 4 is 0 Å². The highest BCUT2D eigenvalue weighted by atomic mass is 16.5. The van der Waals surface area contributed by atoms with E-state index in [1.165, 1.54) is 32.1 Å². The van der Waals surface area contributed by atoms with Gasteiger partial charge in [0.15, 0.2) is 0 Å². The Balaban J connectivity index is 1.67. The molecular weight excluding hydrogens is 200 g/mol. The molecule has 0 amide bonds. The van der Waals surface area contributed by atoms with Gasteiger partial charge in [0.05, 0.1) is 6.10 Å². The minimum Gasteiger partial charge on any atom is -0.378 e. The zero-order valence-corrected chi connectivity index (χ0v) is 10.5. The Kier molecular flexibility index (Phi) is 4.62. The van der Waals surface area contributed by atoms with Crippen molar-refractivity contribution in [3.8, 4) is 0 Å². The van der Waals surface area contributed by atoms with Crippen molar-refractivity contribution in [3.05, 3.63) is 0 Å². The molecule has 0 radical (unpaired) electrons. The Hall–Kier alpha value is -0.120. The molecule has 1 saturated carbocycles. The summed E-state index contributed by atoms with van der Waals surface area (Å²) in [6.07, 6.45) is 7.78. The Morgan fingerprint density at radius 1 is 1.19 bits per heavy atom. The van der Waals surface area contributed by atoms with Crippen LogP contribution in [0, 0.1) is 5.92 Å². The van der Waals surface area contributed by atoms with Crippen molar-refractivity contribution in [1.29, 1.82) is 0 Å². The van der Waals surface area contributed by atoms with Gasteiger partial charge in [-0.2, -0.15) is 0 Å². The van der Waals surface area contributed by atoms with E-state index in [-0.39, 0.29) is 0 Å². The Morgan fingerprint density at radius 2 is 1.94 bits per heavy atom. The predicted molar refractivity (Wildman–Crippen MR) is 66.4 cm³/mol. The van der Waals surface area contributed by atoms with Crippen LogP contribution >= 0.6 is 0 Å². The summed E-state index contributed by atoms with van der Waals surface area (Å²) in [5.74, 6) is 0.737. The summed E-state index contributed by atoms with van der Waals surface area (Å²) in [6.45, 7) is 4.32. The lowest BCUT2D eigenvalue weighted by molar-refractivity contribution is 0.0861. The van der Waals surface area contributed by atoms with E-state index in [2.05, 4.69) is 12.2 Å². The number of nitrogens with two attached hydrogens (primary N) is 1. The molecule has 2 atom stereocenters. The van der Waals surface area contributed by atoms with Crippen LogP contribution in [0.5, 0.6) is 0 Å². The summed E-state index contributed by atoms with van der Waals surface area (Å²) >= 11 is 0. The molecule has 0 aromatic rings. The number of rotatable bonds is 4. The van der Waals surface area contributed by atoms with Crippen LogP contribution in [0.4, 0.5) is 0 Å². The molecule has 0 aromatic carbocycles. The van der Waals surface area contributed by atoms with E-state index in [9.17, 15) is 0 Å². The summed E-state index contributed by atoms with van der Waals surface area (Å²) in [7, 11) is 0. The lowest BCUT2D eigenvalue weighted by Crippen LogP contribution is -2.40. The van der Waals surface area contributed by atoms with Gasteiger partial charge < -0.3 is 15.8 Å². The number of hydrogen-bond donors (Lipinski definition) is 2. The normalized spacial score (nSPS) is 40.1. The van der Waals surface area contributed by atoms with Gasteiger partial charge in [0.1, 0.15) is 0 Å². The summed E-state index contributed by atoms with van der Waals surface area (Å²) in [4.78, 5) is 0. The van der Waals surface area contributed by atoms with Crippen LogP contribution in [0.3, 0.4) is 0 Å². The molecule has 1 aliphatic carbocycles. The van der Waals surface area contributed by atoms with Crippen LogP contribution in [-0.4, -0.2) is 31.3 Å². The van der Waals surface area contributed by atoms with Gasteiger partial charge >= 0.3 is 0 Å². The largest absolute Gasteiger partial charge is 0.378 e. The summed E-state index contributed by atoms with van der Waals surface area (Å²) < 4.78 is 5.71. The van der Waals surface area contributed by atoms with Crippen LogP contribution in [-0.2, 0) is 4.74 Å². The molecule has 1 saturated heterocycles. The Morgan fingerprint density at radius 3 is 2.62 bits per heavy atom. The first kappa shape index (κ1) is 12.3. The molecule has 1 heterocycles. The molecule has 3 heteroatoms. The third-order valence-corrected chi connectivity index (χ3v) is 4.19. The maximum absolute atomic E-state index is 5.91. The SMILES string of the molecule is CCC1OCCC1CNC1CCC(N)CC1. The number of ether oxygens (including phenoxy) is 1. The molecule has 3 nitrogen and oxygen atoms in total. The average Bonchev–Trinajstić information content (AvgIpc) is 2.76. The van der Waals surface area contributed by atoms with Crippen LogP contribution in [0.1, 0.15) is 45.4 Å². The molecule has 2 aliphatic rings. The molecule has 0 bridgehead atoms. The van der Waals surface area contributed by atoms with Crippen LogP contribution in [0.2, 0.25) is 0 Å². The minimum atomic E-state index is 0.455. The fourth-order valence-electron chi connectivity index (χ4n) is 3.02. The number of nitrogens with one attached hydrogen (secondary N) is 1. The fourth-order valence-corrected chi connectivity index (χ4v) is 3.02. The standard InChI is InChI=1S/C13H26N2O/c1-2-13-10(7-8-16-13)9-15-12-5-3-11(14)4-6-12/h10-13,15H,2-9,14H2,1H3. The van der Waals surface area contributed by atoms with E-state index in [4.69, 9.17) is 10.5 Å². The second kappa shape index (κ2) is 5.99. The number of hydrogen-bond acceptors (Lipinski definition) is 3. The first-order chi connectivity index (χ1) is 7.79. The highest BCUT2D eigenvalue weighted by Gasteiger charge is 2.27. The van der Waals surface area contributed by atoms with Crippen molar-refractivity contribution in [2.45, 2.75) is 63.6 Å². The molecular formula is C13H26N2O. The second-order valence-electron chi connectivity index (χ2n) is 5.39. The summed E-state index contributed by atoms with van der Waals surface area (Å²) in [5, 5.41) is 3.71. The minimum absolute atomic E-state index is 0.455. The van der Waals surface area contributed by atoms with Gasteiger partial charge in [0.2, 0.25) is 0 Å². The van der Waals surface area contributed by atoms with E-state index in [1.54, 1.807) is 0 Å². The molecule has 3 N–H and O–H groups in total. The smallest absolute Gasteiger partial charge is 0.0613 e. The van der Waals surface area contributed by atoms with Crippen molar-refractivity contribution in [1.82, 2.24) is 5.32 Å². The van der Waals surface area contributed by atoms with Gasteiger partial charge in [-0.3, -0.25) is 0 Å². The molecule has 2 rings (SSSR count). The van der Waals surface area contributed by atoms with E-state index in [0.717, 1.165) is 25.5 Å². The van der Waals surface area contributed by atoms with Crippen LogP contribution < -0.4 is 11.1 Å². The van der Waals surface area contributed by atoms with Gasteiger partial charge in [-0.1, -0.05) is 6.92 Å². The molecule has 2 unspecified atom stereocenters. The third kappa shape index (κ3) is 3.19. The van der Waals surface area contributed by atoms with E-state index < -0.39 is 0 Å². The molecule has 16 heavy (non-hydrogen) atoms. The summed E-state index contributed by atoms with van der Waals surface area (Å²) in [5.41, 5.74) is 5.91. The van der Waals surface area contributed by atoms with Gasteiger partial charge in [0, 0.05) is 25.2 Å². The maximum Gasteiger partial charge on any atom is 0.0613 e. The Labute approximate surface area is 99.1 Å². The highest BCUT2D eigenvalue weighted by molar-refractivity contribution is 4.82. The molecule has 94 valence electrons. The first-order valence-corrected chi connectivity index (χ1v) is 6.90. The molecule has 2 fully saturated rings. The predicted octanol–water partition coefficient (Wildman–Crippen LogP) is 1.66. The van der Waals surface area contributed by atoms with Gasteiger partial charge in [-0.25, -0.2) is 0 Å². The van der Waals surface area contributed by atoms with Crippen LogP contribution in [0.15, 0.2) is 0 Å². The zero-order chi connectivity index (χ0) is 11.4. The van der Waals surface area contributed by atoms with Gasteiger partial charge in [-0.05, 0) is 44.4 Å². The molecule has 0 aromatic heterocycles. The Bertz CT molecular complexity index is 202. The lowest BCUT2D eigenvalue weighted by Gasteiger charge is -2.28. The van der Waals surface area contributed by atoms with Gasteiger partial charge in [-0.15, -0.1) is 0 Å². The highest BCUT2D eigenvalue weighted by Crippen LogP contribution is 2.24. The molecule has 0 spiro atoms. The third-order valence-electron chi connectivity index (χ3n) is 4.19. The van der Waals surface area contributed by atoms with Crippen molar-refractivity contribution in [2.24, 2.45) is 11.7 Å². The average molecular weight is 226 g/mol. The first-order valence-electron chi connectivity index (χ1n) is 6.90. The van der Waals surface area contributed by atoms with Crippen molar-refractivity contribution < 1.29 is 4.74 Å². The lowest BCUT2D eigenvalue weighted by atomic mass is 9.91. The van der Waals surface area contributed by atoms with Crippen molar-refractivity contribution in [3.63, 3.8) is 0 Å².